The zero-order valence-corrected chi connectivity index (χ0v) is 9.97. The Morgan fingerprint density at radius 3 is 2.57 bits per heavy atom. The van der Waals surface area contributed by atoms with Gasteiger partial charge in [-0.25, -0.2) is 0 Å². The summed E-state index contributed by atoms with van der Waals surface area (Å²) >= 11 is 0. The molecule has 1 atom stereocenters. The fourth-order valence-corrected chi connectivity index (χ4v) is 1.60. The van der Waals surface area contributed by atoms with Crippen LogP contribution >= 0.6 is 0 Å². The Balaban J connectivity index is 3.45. The van der Waals surface area contributed by atoms with Crippen LogP contribution in [0.2, 0.25) is 0 Å². The van der Waals surface area contributed by atoms with Crippen LogP contribution in [0, 0.1) is 5.92 Å². The monoisotopic (exact) mass is 203 g/mol. The molecule has 0 saturated heterocycles. The Bertz CT molecular complexity index is 135. The van der Waals surface area contributed by atoms with E-state index in [1.165, 1.54) is 0 Å². The van der Waals surface area contributed by atoms with Crippen molar-refractivity contribution in [2.75, 3.05) is 26.3 Å². The third kappa shape index (κ3) is 8.48. The minimum Gasteiger partial charge on any atom is -0.389 e. The topological polar surface area (TPSA) is 41.5 Å². The molecule has 1 unspecified atom stereocenters. The second-order valence-corrected chi connectivity index (χ2v) is 4.47. The zero-order valence-electron chi connectivity index (χ0n) is 9.97. The predicted octanol–water partition coefficient (Wildman–Crippen LogP) is 1.41. The van der Waals surface area contributed by atoms with Crippen LogP contribution in [0.3, 0.4) is 0 Å². The minimum atomic E-state index is -0.597. The van der Waals surface area contributed by atoms with Crippen LogP contribution in [-0.2, 0) is 4.74 Å². The summed E-state index contributed by atoms with van der Waals surface area (Å²) in [7, 11) is 0. The second kappa shape index (κ2) is 7.21. The van der Waals surface area contributed by atoms with Gasteiger partial charge in [0.05, 0.1) is 12.2 Å². The average Bonchev–Trinajstić information content (AvgIpc) is 2.01. The first kappa shape index (κ1) is 13.9. The molecule has 0 aliphatic carbocycles. The maximum Gasteiger partial charge on any atom is 0.0746 e. The first-order valence-electron chi connectivity index (χ1n) is 5.49. The highest BCUT2D eigenvalue weighted by Gasteiger charge is 2.20. The summed E-state index contributed by atoms with van der Waals surface area (Å²) in [4.78, 5) is 0. The van der Waals surface area contributed by atoms with E-state index < -0.39 is 5.60 Å². The van der Waals surface area contributed by atoms with Gasteiger partial charge in [0.25, 0.3) is 0 Å². The maximum atomic E-state index is 9.94. The van der Waals surface area contributed by atoms with Gasteiger partial charge in [-0.3, -0.25) is 0 Å². The van der Waals surface area contributed by atoms with Crippen molar-refractivity contribution in [3.05, 3.63) is 0 Å². The number of hydrogen-bond donors (Lipinski definition) is 2. The van der Waals surface area contributed by atoms with E-state index in [2.05, 4.69) is 19.2 Å². The van der Waals surface area contributed by atoms with Gasteiger partial charge in [0.2, 0.25) is 0 Å². The van der Waals surface area contributed by atoms with E-state index in [9.17, 15) is 5.11 Å². The Morgan fingerprint density at radius 2 is 2.07 bits per heavy atom. The molecule has 0 aromatic heterocycles. The average molecular weight is 203 g/mol. The quantitative estimate of drug-likeness (QED) is 0.586. The van der Waals surface area contributed by atoms with Gasteiger partial charge in [0, 0.05) is 19.7 Å². The van der Waals surface area contributed by atoms with Crippen LogP contribution in [0.25, 0.3) is 0 Å². The van der Waals surface area contributed by atoms with Crippen molar-refractivity contribution in [1.82, 2.24) is 5.32 Å². The number of nitrogens with one attached hydrogen (secondary N) is 1. The third-order valence-corrected chi connectivity index (χ3v) is 1.98. The summed E-state index contributed by atoms with van der Waals surface area (Å²) < 4.78 is 5.19. The molecule has 0 aromatic carbocycles. The van der Waals surface area contributed by atoms with Gasteiger partial charge in [0.15, 0.2) is 0 Å². The summed E-state index contributed by atoms with van der Waals surface area (Å²) in [5.41, 5.74) is -0.597. The molecule has 0 bridgehead atoms. The van der Waals surface area contributed by atoms with Gasteiger partial charge in [0.1, 0.15) is 0 Å². The molecule has 0 aliphatic rings. The molecule has 0 amide bonds. The Kier molecular flexibility index (Phi) is 7.15. The highest BCUT2D eigenvalue weighted by molar-refractivity contribution is 4.76. The van der Waals surface area contributed by atoms with Gasteiger partial charge < -0.3 is 15.2 Å². The van der Waals surface area contributed by atoms with Gasteiger partial charge in [-0.2, -0.15) is 0 Å². The Morgan fingerprint density at radius 1 is 1.43 bits per heavy atom. The van der Waals surface area contributed by atoms with Gasteiger partial charge in [-0.15, -0.1) is 0 Å². The highest BCUT2D eigenvalue weighted by atomic mass is 16.5. The zero-order chi connectivity index (χ0) is 11.0. The fraction of sp³-hybridized carbons (Fsp3) is 1.00. The molecular weight excluding hydrogens is 178 g/mol. The smallest absolute Gasteiger partial charge is 0.0746 e. The highest BCUT2D eigenvalue weighted by Crippen LogP contribution is 2.14. The lowest BCUT2D eigenvalue weighted by Crippen LogP contribution is -2.40. The molecule has 0 fully saturated rings. The van der Waals surface area contributed by atoms with E-state index >= 15 is 0 Å². The molecule has 0 aliphatic heterocycles. The van der Waals surface area contributed by atoms with Crippen molar-refractivity contribution in [3.63, 3.8) is 0 Å². The normalized spacial score (nSPS) is 15.9. The van der Waals surface area contributed by atoms with Crippen LogP contribution in [0.1, 0.15) is 34.1 Å². The predicted molar refractivity (Wildman–Crippen MR) is 59.4 cm³/mol. The van der Waals surface area contributed by atoms with Gasteiger partial charge >= 0.3 is 0 Å². The summed E-state index contributed by atoms with van der Waals surface area (Å²) in [6.45, 7) is 11.0. The summed E-state index contributed by atoms with van der Waals surface area (Å²) in [6.07, 6.45) is 0.828. The van der Waals surface area contributed by atoms with Crippen molar-refractivity contribution in [1.29, 1.82) is 0 Å². The van der Waals surface area contributed by atoms with E-state index in [0.717, 1.165) is 19.6 Å². The van der Waals surface area contributed by atoms with Crippen LogP contribution < -0.4 is 5.32 Å². The molecular formula is C11H25NO2. The summed E-state index contributed by atoms with van der Waals surface area (Å²) in [5.74, 6) is 0.527. The standard InChI is InChI=1S/C11H25NO2/c1-5-14-7-6-12-9-11(4,13)8-10(2)3/h10,12-13H,5-9H2,1-4H3. The summed E-state index contributed by atoms with van der Waals surface area (Å²) in [6, 6.07) is 0. The molecule has 0 radical (unpaired) electrons. The van der Waals surface area contributed by atoms with Crippen molar-refractivity contribution in [3.8, 4) is 0 Å². The fourth-order valence-electron chi connectivity index (χ4n) is 1.60. The molecule has 0 heterocycles. The van der Waals surface area contributed by atoms with Crippen molar-refractivity contribution >= 4 is 0 Å². The van der Waals surface area contributed by atoms with Crippen molar-refractivity contribution in [2.45, 2.75) is 39.7 Å². The number of hydrogen-bond acceptors (Lipinski definition) is 3. The molecule has 3 nitrogen and oxygen atoms in total. The van der Waals surface area contributed by atoms with E-state index in [0.29, 0.717) is 19.1 Å². The van der Waals surface area contributed by atoms with E-state index in [1.54, 1.807) is 0 Å². The molecule has 0 saturated carbocycles. The SMILES string of the molecule is CCOCCNCC(C)(O)CC(C)C. The van der Waals surface area contributed by atoms with Crippen LogP contribution in [-0.4, -0.2) is 37.0 Å². The van der Waals surface area contributed by atoms with Crippen LogP contribution in [0.15, 0.2) is 0 Å². The lowest BCUT2D eigenvalue weighted by atomic mass is 9.94. The first-order chi connectivity index (χ1) is 6.48. The minimum absolute atomic E-state index is 0.527. The summed E-state index contributed by atoms with van der Waals surface area (Å²) in [5, 5.41) is 13.1. The van der Waals surface area contributed by atoms with Crippen LogP contribution in [0.5, 0.6) is 0 Å². The maximum absolute atomic E-state index is 9.94. The Labute approximate surface area is 87.8 Å². The number of ether oxygens (including phenoxy) is 1. The van der Waals surface area contributed by atoms with Crippen molar-refractivity contribution in [2.24, 2.45) is 5.92 Å². The molecule has 2 N–H and O–H groups in total. The molecule has 86 valence electrons. The lowest BCUT2D eigenvalue weighted by Gasteiger charge is -2.25. The van der Waals surface area contributed by atoms with Gasteiger partial charge in [-0.05, 0) is 26.2 Å². The number of aliphatic hydroxyl groups is 1. The van der Waals surface area contributed by atoms with Gasteiger partial charge in [-0.1, -0.05) is 13.8 Å². The largest absolute Gasteiger partial charge is 0.389 e. The molecule has 0 aromatic rings. The third-order valence-electron chi connectivity index (χ3n) is 1.98. The molecule has 0 spiro atoms. The van der Waals surface area contributed by atoms with Crippen molar-refractivity contribution < 1.29 is 9.84 Å². The first-order valence-corrected chi connectivity index (χ1v) is 5.49. The molecule has 0 rings (SSSR count). The second-order valence-electron chi connectivity index (χ2n) is 4.47. The number of rotatable bonds is 8. The van der Waals surface area contributed by atoms with Crippen LogP contribution in [0.4, 0.5) is 0 Å². The molecule has 3 heteroatoms. The van der Waals surface area contributed by atoms with E-state index in [4.69, 9.17) is 4.74 Å². The Hall–Kier alpha value is -0.120. The van der Waals surface area contributed by atoms with E-state index in [-0.39, 0.29) is 0 Å². The molecule has 14 heavy (non-hydrogen) atoms. The lowest BCUT2D eigenvalue weighted by molar-refractivity contribution is 0.0364. The van der Waals surface area contributed by atoms with E-state index in [1.807, 2.05) is 13.8 Å².